The Bertz CT molecular complexity index is 588. The Morgan fingerprint density at radius 1 is 1.13 bits per heavy atom. The number of aliphatic hydroxyl groups excluding tert-OH is 1. The van der Waals surface area contributed by atoms with Crippen LogP contribution in [0.1, 0.15) is 39.0 Å². The van der Waals surface area contributed by atoms with Crippen molar-refractivity contribution < 1.29 is 5.11 Å². The molecule has 5 heteroatoms. The van der Waals surface area contributed by atoms with Crippen LogP contribution in [0, 0.1) is 0 Å². The van der Waals surface area contributed by atoms with Gasteiger partial charge in [-0.15, -0.1) is 0 Å². The van der Waals surface area contributed by atoms with Crippen LogP contribution in [0.3, 0.4) is 0 Å². The highest BCUT2D eigenvalue weighted by Crippen LogP contribution is 2.26. The Morgan fingerprint density at radius 2 is 1.74 bits per heavy atom. The number of aliphatic hydroxyl groups is 1. The summed E-state index contributed by atoms with van der Waals surface area (Å²) >= 11 is 6.30. The SMILES string of the molecule is CCO.CCc1ncnc(NCC(C)(C)c2ccccc2)c1Cl. The fraction of sp³-hybridized carbons (Fsp3) is 0.444. The highest BCUT2D eigenvalue weighted by molar-refractivity contribution is 6.33. The molecule has 0 aliphatic heterocycles. The normalized spacial score (nSPS) is 10.7. The molecule has 2 aromatic rings. The molecule has 2 rings (SSSR count). The molecule has 4 nitrogen and oxygen atoms in total. The van der Waals surface area contributed by atoms with Crippen molar-refractivity contribution >= 4 is 17.4 Å². The lowest BCUT2D eigenvalue weighted by Crippen LogP contribution is -2.28. The van der Waals surface area contributed by atoms with Crippen LogP contribution in [0.2, 0.25) is 5.02 Å². The lowest BCUT2D eigenvalue weighted by Gasteiger charge is -2.26. The molecular formula is C18H26ClN3O. The van der Waals surface area contributed by atoms with Gasteiger partial charge in [0.2, 0.25) is 0 Å². The minimum Gasteiger partial charge on any atom is -0.397 e. The number of aromatic nitrogens is 2. The average molecular weight is 336 g/mol. The first-order valence-corrected chi connectivity index (χ1v) is 8.23. The van der Waals surface area contributed by atoms with Crippen molar-refractivity contribution in [1.29, 1.82) is 0 Å². The van der Waals surface area contributed by atoms with Crippen molar-refractivity contribution in [3.63, 3.8) is 0 Å². The maximum absolute atomic E-state index is 7.57. The molecule has 0 unspecified atom stereocenters. The molecule has 1 aromatic heterocycles. The zero-order chi connectivity index (χ0) is 17.3. The van der Waals surface area contributed by atoms with E-state index >= 15 is 0 Å². The molecule has 0 bridgehead atoms. The Kier molecular flexibility index (Phi) is 8.00. The summed E-state index contributed by atoms with van der Waals surface area (Å²) in [6.45, 7) is 9.12. The third kappa shape index (κ3) is 5.81. The largest absolute Gasteiger partial charge is 0.397 e. The van der Waals surface area contributed by atoms with Crippen molar-refractivity contribution in [3.05, 3.63) is 52.9 Å². The Labute approximate surface area is 144 Å². The molecule has 0 radical (unpaired) electrons. The molecular weight excluding hydrogens is 310 g/mol. The van der Waals surface area contributed by atoms with E-state index in [0.717, 1.165) is 18.7 Å². The van der Waals surface area contributed by atoms with E-state index in [1.54, 1.807) is 13.3 Å². The highest BCUT2D eigenvalue weighted by Gasteiger charge is 2.21. The van der Waals surface area contributed by atoms with Gasteiger partial charge in [0.1, 0.15) is 17.2 Å². The van der Waals surface area contributed by atoms with Crippen molar-refractivity contribution in [1.82, 2.24) is 9.97 Å². The smallest absolute Gasteiger partial charge is 0.148 e. The van der Waals surface area contributed by atoms with Gasteiger partial charge < -0.3 is 10.4 Å². The summed E-state index contributed by atoms with van der Waals surface area (Å²) in [5.41, 5.74) is 2.16. The molecule has 0 aliphatic carbocycles. The van der Waals surface area contributed by atoms with E-state index in [1.165, 1.54) is 5.56 Å². The number of anilines is 1. The van der Waals surface area contributed by atoms with E-state index in [2.05, 4.69) is 53.4 Å². The van der Waals surface area contributed by atoms with Crippen molar-refractivity contribution in [2.45, 2.75) is 39.5 Å². The Morgan fingerprint density at radius 3 is 2.30 bits per heavy atom. The minimum atomic E-state index is 0.00190. The second-order valence-electron chi connectivity index (χ2n) is 5.76. The van der Waals surface area contributed by atoms with Crippen LogP contribution in [0.4, 0.5) is 5.82 Å². The summed E-state index contributed by atoms with van der Waals surface area (Å²) in [5.74, 6) is 0.711. The molecule has 1 aromatic carbocycles. The number of benzene rings is 1. The number of halogens is 1. The lowest BCUT2D eigenvalue weighted by molar-refractivity contribution is 0.318. The zero-order valence-electron chi connectivity index (χ0n) is 14.3. The molecule has 0 fully saturated rings. The third-order valence-corrected chi connectivity index (χ3v) is 3.85. The van der Waals surface area contributed by atoms with E-state index in [4.69, 9.17) is 16.7 Å². The molecule has 0 saturated carbocycles. The molecule has 0 saturated heterocycles. The van der Waals surface area contributed by atoms with Crippen LogP contribution in [0.15, 0.2) is 36.7 Å². The molecule has 126 valence electrons. The predicted molar refractivity (Wildman–Crippen MR) is 97.1 cm³/mol. The second-order valence-corrected chi connectivity index (χ2v) is 6.13. The molecule has 2 N–H and O–H groups in total. The van der Waals surface area contributed by atoms with Crippen LogP contribution in [-0.2, 0) is 11.8 Å². The van der Waals surface area contributed by atoms with Crippen molar-refractivity contribution in [3.8, 4) is 0 Å². The van der Waals surface area contributed by atoms with Crippen LogP contribution in [0.5, 0.6) is 0 Å². The maximum atomic E-state index is 7.57. The molecule has 0 atom stereocenters. The van der Waals surface area contributed by atoms with Gasteiger partial charge in [-0.2, -0.15) is 0 Å². The fourth-order valence-corrected chi connectivity index (χ4v) is 2.37. The lowest BCUT2D eigenvalue weighted by atomic mass is 9.84. The number of hydrogen-bond acceptors (Lipinski definition) is 4. The van der Waals surface area contributed by atoms with Gasteiger partial charge in [-0.1, -0.05) is 62.7 Å². The van der Waals surface area contributed by atoms with Gasteiger partial charge in [0.05, 0.1) is 5.69 Å². The monoisotopic (exact) mass is 335 g/mol. The Balaban J connectivity index is 0.000000816. The zero-order valence-corrected chi connectivity index (χ0v) is 15.1. The van der Waals surface area contributed by atoms with Crippen molar-refractivity contribution in [2.24, 2.45) is 0 Å². The van der Waals surface area contributed by atoms with Crippen molar-refractivity contribution in [2.75, 3.05) is 18.5 Å². The first kappa shape index (κ1) is 19.4. The summed E-state index contributed by atoms with van der Waals surface area (Å²) in [6, 6.07) is 10.4. The van der Waals surface area contributed by atoms with Gasteiger partial charge in [-0.05, 0) is 18.9 Å². The van der Waals surface area contributed by atoms with Crippen LogP contribution in [-0.4, -0.2) is 28.2 Å². The third-order valence-electron chi connectivity index (χ3n) is 3.45. The van der Waals surface area contributed by atoms with Crippen LogP contribution < -0.4 is 5.32 Å². The molecule has 23 heavy (non-hydrogen) atoms. The van der Waals surface area contributed by atoms with E-state index in [0.29, 0.717) is 10.8 Å². The minimum absolute atomic E-state index is 0.00190. The Hall–Kier alpha value is -1.65. The van der Waals surface area contributed by atoms with E-state index in [-0.39, 0.29) is 12.0 Å². The molecule has 0 spiro atoms. The summed E-state index contributed by atoms with van der Waals surface area (Å²) in [4.78, 5) is 8.41. The second kappa shape index (κ2) is 9.48. The number of nitrogens with zero attached hydrogens (tertiary/aromatic N) is 2. The van der Waals surface area contributed by atoms with Crippen LogP contribution in [0.25, 0.3) is 0 Å². The van der Waals surface area contributed by atoms with Gasteiger partial charge in [0.15, 0.2) is 0 Å². The number of aryl methyl sites for hydroxylation is 1. The summed E-state index contributed by atoms with van der Waals surface area (Å²) in [5, 5.41) is 11.5. The highest BCUT2D eigenvalue weighted by atomic mass is 35.5. The standard InChI is InChI=1S/C16H20ClN3.C2H6O/c1-4-13-14(17)15(20-11-19-13)18-10-16(2,3)12-8-6-5-7-9-12;1-2-3/h5-9,11H,4,10H2,1-3H3,(H,18,19,20);3H,2H2,1H3. The molecule has 1 heterocycles. The van der Waals surface area contributed by atoms with E-state index < -0.39 is 0 Å². The first-order chi connectivity index (χ1) is 11.0. The number of hydrogen-bond donors (Lipinski definition) is 2. The predicted octanol–water partition coefficient (Wildman–Crippen LogP) is 4.08. The molecule has 0 aliphatic rings. The molecule has 0 amide bonds. The van der Waals surface area contributed by atoms with E-state index in [9.17, 15) is 0 Å². The number of rotatable bonds is 5. The van der Waals surface area contributed by atoms with Crippen LogP contribution >= 0.6 is 11.6 Å². The summed E-state index contributed by atoms with van der Waals surface area (Å²) in [7, 11) is 0. The van der Waals surface area contributed by atoms with Gasteiger partial charge in [0.25, 0.3) is 0 Å². The van der Waals surface area contributed by atoms with E-state index in [1.807, 2.05) is 13.0 Å². The van der Waals surface area contributed by atoms with Gasteiger partial charge in [-0.25, -0.2) is 9.97 Å². The first-order valence-electron chi connectivity index (χ1n) is 7.85. The summed E-state index contributed by atoms with van der Waals surface area (Å²) < 4.78 is 0. The topological polar surface area (TPSA) is 58.0 Å². The number of nitrogens with one attached hydrogen (secondary N) is 1. The van der Waals surface area contributed by atoms with Gasteiger partial charge in [-0.3, -0.25) is 0 Å². The summed E-state index contributed by atoms with van der Waals surface area (Å²) in [6.07, 6.45) is 2.36. The quantitative estimate of drug-likeness (QED) is 0.864. The average Bonchev–Trinajstić information content (AvgIpc) is 2.55. The maximum Gasteiger partial charge on any atom is 0.148 e. The fourth-order valence-electron chi connectivity index (χ4n) is 2.07. The van der Waals surface area contributed by atoms with Gasteiger partial charge >= 0.3 is 0 Å². The van der Waals surface area contributed by atoms with Gasteiger partial charge in [0, 0.05) is 18.6 Å².